The van der Waals surface area contributed by atoms with Gasteiger partial charge >= 0.3 is 5.97 Å². The number of hydrogen-bond donors (Lipinski definition) is 2. The summed E-state index contributed by atoms with van der Waals surface area (Å²) in [4.78, 5) is 11.7. The molecule has 6 heteroatoms. The molecule has 0 aliphatic heterocycles. The number of rotatable bonds is 5. The number of carbonyl (C=O) groups is 1. The van der Waals surface area contributed by atoms with Crippen molar-refractivity contribution >= 4 is 34.6 Å². The first-order valence-corrected chi connectivity index (χ1v) is 6.74. The smallest absolute Gasteiger partial charge is 0.336 e. The van der Waals surface area contributed by atoms with Crippen LogP contribution in [0.2, 0.25) is 5.02 Å². The molecule has 2 N–H and O–H groups in total. The molecular formula is C13H12ClNO3S. The average Bonchev–Trinajstić information content (AvgIpc) is 2.87. The second-order valence-corrected chi connectivity index (χ2v) is 5.21. The number of anilines is 1. The topological polar surface area (TPSA) is 58.6 Å². The summed E-state index contributed by atoms with van der Waals surface area (Å²) in [5, 5.41) is 14.2. The van der Waals surface area contributed by atoms with Crippen LogP contribution in [0.25, 0.3) is 0 Å². The number of ether oxygens (including phenoxy) is 1. The van der Waals surface area contributed by atoms with E-state index in [1.54, 1.807) is 30.7 Å². The molecule has 0 radical (unpaired) electrons. The van der Waals surface area contributed by atoms with Crippen LogP contribution in [0.5, 0.6) is 5.75 Å². The molecule has 0 bridgehead atoms. The second kappa shape index (κ2) is 5.95. The molecule has 4 nitrogen and oxygen atoms in total. The van der Waals surface area contributed by atoms with Gasteiger partial charge in [-0.15, -0.1) is 11.3 Å². The lowest BCUT2D eigenvalue weighted by Gasteiger charge is -2.08. The van der Waals surface area contributed by atoms with Crippen molar-refractivity contribution in [3.05, 3.63) is 45.1 Å². The average molecular weight is 298 g/mol. The Bertz CT molecular complexity index is 597. The third-order valence-electron chi connectivity index (χ3n) is 2.52. The highest BCUT2D eigenvalue weighted by molar-refractivity contribution is 7.10. The van der Waals surface area contributed by atoms with Crippen LogP contribution in [0.4, 0.5) is 5.69 Å². The number of halogens is 1. The first-order valence-electron chi connectivity index (χ1n) is 5.48. The Morgan fingerprint density at radius 1 is 1.47 bits per heavy atom. The fourth-order valence-corrected chi connectivity index (χ4v) is 2.54. The van der Waals surface area contributed by atoms with Gasteiger partial charge < -0.3 is 15.2 Å². The molecule has 2 aromatic rings. The predicted molar refractivity (Wildman–Crippen MR) is 76.6 cm³/mol. The van der Waals surface area contributed by atoms with Crippen molar-refractivity contribution in [3.8, 4) is 5.75 Å². The van der Waals surface area contributed by atoms with Gasteiger partial charge in [0.15, 0.2) is 0 Å². The van der Waals surface area contributed by atoms with Crippen LogP contribution < -0.4 is 10.1 Å². The first kappa shape index (κ1) is 13.7. The highest BCUT2D eigenvalue weighted by Gasteiger charge is 2.07. The highest BCUT2D eigenvalue weighted by Crippen LogP contribution is 2.27. The molecule has 1 aromatic carbocycles. The van der Waals surface area contributed by atoms with Gasteiger partial charge in [-0.1, -0.05) is 11.6 Å². The monoisotopic (exact) mass is 297 g/mol. The standard InChI is InChI=1S/C13H12ClNO3S/c1-18-12-5-9(2-3-11(12)14)15-6-10-4-8(7-19-10)13(16)17/h2-5,7,15H,6H2,1H3,(H,16,17). The normalized spacial score (nSPS) is 10.2. The van der Waals surface area contributed by atoms with Gasteiger partial charge in [-0.2, -0.15) is 0 Å². The van der Waals surface area contributed by atoms with Crippen LogP contribution in [0.3, 0.4) is 0 Å². The Hall–Kier alpha value is -1.72. The molecule has 19 heavy (non-hydrogen) atoms. The second-order valence-electron chi connectivity index (χ2n) is 3.81. The summed E-state index contributed by atoms with van der Waals surface area (Å²) >= 11 is 7.35. The van der Waals surface area contributed by atoms with Gasteiger partial charge in [0.05, 0.1) is 17.7 Å². The summed E-state index contributed by atoms with van der Waals surface area (Å²) in [6.45, 7) is 0.558. The Morgan fingerprint density at radius 2 is 2.26 bits per heavy atom. The minimum atomic E-state index is -0.907. The quantitative estimate of drug-likeness (QED) is 0.883. The lowest BCUT2D eigenvalue weighted by Crippen LogP contribution is -1.98. The third kappa shape index (κ3) is 3.39. The predicted octanol–water partition coefficient (Wildman–Crippen LogP) is 3.72. The fourth-order valence-electron chi connectivity index (χ4n) is 1.54. The van der Waals surface area contributed by atoms with Crippen molar-refractivity contribution in [1.29, 1.82) is 0 Å². The molecule has 1 heterocycles. The minimum absolute atomic E-state index is 0.315. The van der Waals surface area contributed by atoms with E-state index in [1.807, 2.05) is 6.07 Å². The molecule has 0 aliphatic rings. The number of nitrogens with one attached hydrogen (secondary N) is 1. The van der Waals surface area contributed by atoms with Crippen LogP contribution in [0.15, 0.2) is 29.6 Å². The molecule has 0 atom stereocenters. The summed E-state index contributed by atoms with van der Waals surface area (Å²) in [5.74, 6) is -0.306. The highest BCUT2D eigenvalue weighted by atomic mass is 35.5. The van der Waals surface area contributed by atoms with Crippen molar-refractivity contribution < 1.29 is 14.6 Å². The number of aromatic carboxylic acids is 1. The van der Waals surface area contributed by atoms with Gasteiger partial charge in [0.25, 0.3) is 0 Å². The molecule has 0 fully saturated rings. The van der Waals surface area contributed by atoms with Gasteiger partial charge in [-0.25, -0.2) is 4.79 Å². The number of benzene rings is 1. The van der Waals surface area contributed by atoms with Crippen LogP contribution >= 0.6 is 22.9 Å². The van der Waals surface area contributed by atoms with Crippen LogP contribution in [-0.4, -0.2) is 18.2 Å². The van der Waals surface area contributed by atoms with Crippen molar-refractivity contribution in [2.75, 3.05) is 12.4 Å². The van der Waals surface area contributed by atoms with Gasteiger partial charge in [0.2, 0.25) is 0 Å². The van der Waals surface area contributed by atoms with E-state index in [1.165, 1.54) is 11.3 Å². The Kier molecular flexibility index (Phi) is 4.29. The lowest BCUT2D eigenvalue weighted by atomic mass is 10.3. The van der Waals surface area contributed by atoms with E-state index >= 15 is 0 Å². The van der Waals surface area contributed by atoms with Crippen molar-refractivity contribution in [3.63, 3.8) is 0 Å². The summed E-state index contributed by atoms with van der Waals surface area (Å²) in [5.41, 5.74) is 1.18. The molecule has 0 aliphatic carbocycles. The number of carboxylic acids is 1. The van der Waals surface area contributed by atoms with E-state index in [0.29, 0.717) is 22.9 Å². The summed E-state index contributed by atoms with van der Waals surface area (Å²) < 4.78 is 5.13. The van der Waals surface area contributed by atoms with Gasteiger partial charge in [0.1, 0.15) is 5.75 Å². The van der Waals surface area contributed by atoms with Crippen LogP contribution in [0, 0.1) is 0 Å². The zero-order valence-electron chi connectivity index (χ0n) is 10.1. The number of methoxy groups -OCH3 is 1. The molecule has 0 saturated heterocycles. The maximum Gasteiger partial charge on any atom is 0.336 e. The van der Waals surface area contributed by atoms with Crippen LogP contribution in [-0.2, 0) is 6.54 Å². The first-order chi connectivity index (χ1) is 9.10. The summed E-state index contributed by atoms with van der Waals surface area (Å²) in [7, 11) is 1.56. The maximum absolute atomic E-state index is 10.8. The SMILES string of the molecule is COc1cc(NCc2cc(C(=O)O)cs2)ccc1Cl. The molecular weight excluding hydrogens is 286 g/mol. The summed E-state index contributed by atoms with van der Waals surface area (Å²) in [6.07, 6.45) is 0. The Morgan fingerprint density at radius 3 is 2.89 bits per heavy atom. The Labute approximate surface area is 119 Å². The molecule has 0 spiro atoms. The fraction of sp³-hybridized carbons (Fsp3) is 0.154. The van der Waals surface area contributed by atoms with E-state index in [-0.39, 0.29) is 0 Å². The molecule has 0 amide bonds. The van der Waals surface area contributed by atoms with E-state index in [9.17, 15) is 4.79 Å². The van der Waals surface area contributed by atoms with E-state index in [4.69, 9.17) is 21.4 Å². The van der Waals surface area contributed by atoms with Gasteiger partial charge in [-0.3, -0.25) is 0 Å². The van der Waals surface area contributed by atoms with Crippen molar-refractivity contribution in [2.45, 2.75) is 6.54 Å². The zero-order chi connectivity index (χ0) is 13.8. The number of carboxylic acid groups (broad SMARTS) is 1. The van der Waals surface area contributed by atoms with E-state index in [0.717, 1.165) is 10.6 Å². The van der Waals surface area contributed by atoms with Gasteiger partial charge in [0, 0.05) is 28.6 Å². The molecule has 1 aromatic heterocycles. The lowest BCUT2D eigenvalue weighted by molar-refractivity contribution is 0.0697. The van der Waals surface area contributed by atoms with Crippen molar-refractivity contribution in [1.82, 2.24) is 0 Å². The molecule has 0 saturated carbocycles. The maximum atomic E-state index is 10.8. The van der Waals surface area contributed by atoms with Crippen LogP contribution in [0.1, 0.15) is 15.2 Å². The number of hydrogen-bond acceptors (Lipinski definition) is 4. The molecule has 0 unspecified atom stereocenters. The molecule has 2 rings (SSSR count). The molecule has 100 valence electrons. The third-order valence-corrected chi connectivity index (χ3v) is 3.77. The van der Waals surface area contributed by atoms with Crippen molar-refractivity contribution in [2.24, 2.45) is 0 Å². The van der Waals surface area contributed by atoms with E-state index < -0.39 is 5.97 Å². The largest absolute Gasteiger partial charge is 0.495 e. The van der Waals surface area contributed by atoms with Gasteiger partial charge in [-0.05, 0) is 18.2 Å². The van der Waals surface area contributed by atoms with E-state index in [2.05, 4.69) is 5.32 Å². The minimum Gasteiger partial charge on any atom is -0.495 e. The Balaban J connectivity index is 2.03. The zero-order valence-corrected chi connectivity index (χ0v) is 11.7. The summed E-state index contributed by atoms with van der Waals surface area (Å²) in [6, 6.07) is 7.05. The number of thiophene rings is 1.